The minimum atomic E-state index is -3.32. The van der Waals surface area contributed by atoms with Gasteiger partial charge < -0.3 is 5.73 Å². The van der Waals surface area contributed by atoms with Crippen molar-refractivity contribution in [2.75, 3.05) is 12.0 Å². The molecular formula is C20H21N3O3S. The Hall–Kier alpha value is -2.93. The zero-order valence-electron chi connectivity index (χ0n) is 15.2. The Morgan fingerprint density at radius 2 is 1.78 bits per heavy atom. The van der Waals surface area contributed by atoms with Crippen molar-refractivity contribution in [3.05, 3.63) is 76.2 Å². The number of aromatic nitrogens is 2. The van der Waals surface area contributed by atoms with E-state index in [1.165, 1.54) is 16.9 Å². The number of nitrogen functional groups attached to an aromatic ring is 1. The van der Waals surface area contributed by atoms with Gasteiger partial charge in [0.2, 0.25) is 5.95 Å². The zero-order valence-corrected chi connectivity index (χ0v) is 16.0. The molecule has 0 aliphatic rings. The Kier molecular flexibility index (Phi) is 5.14. The second-order valence-electron chi connectivity index (χ2n) is 6.47. The van der Waals surface area contributed by atoms with E-state index in [2.05, 4.69) is 4.98 Å². The predicted octanol–water partition coefficient (Wildman–Crippen LogP) is 2.22. The van der Waals surface area contributed by atoms with Crippen molar-refractivity contribution in [2.24, 2.45) is 7.05 Å². The minimum Gasteiger partial charge on any atom is -0.369 e. The highest BCUT2D eigenvalue weighted by Crippen LogP contribution is 2.28. The number of hydrogen-bond donors (Lipinski definition) is 1. The Balaban J connectivity index is 1.89. The molecular weight excluding hydrogens is 362 g/mol. The molecule has 0 amide bonds. The number of aryl methyl sites for hydroxylation is 2. The molecule has 6 nitrogen and oxygen atoms in total. The molecule has 3 aromatic rings. The number of nitrogens with two attached hydrogens (primary N) is 1. The first-order chi connectivity index (χ1) is 12.8. The maximum absolute atomic E-state index is 12.1. The van der Waals surface area contributed by atoms with Gasteiger partial charge in [-0.3, -0.25) is 9.36 Å². The Morgan fingerprint density at radius 1 is 1.04 bits per heavy atom. The summed E-state index contributed by atoms with van der Waals surface area (Å²) < 4.78 is 25.4. The van der Waals surface area contributed by atoms with E-state index in [1.54, 1.807) is 25.2 Å². The van der Waals surface area contributed by atoms with Crippen LogP contribution < -0.4 is 11.3 Å². The van der Waals surface area contributed by atoms with Crippen LogP contribution in [0.2, 0.25) is 0 Å². The predicted molar refractivity (Wildman–Crippen MR) is 106 cm³/mol. The third-order valence-corrected chi connectivity index (χ3v) is 5.57. The molecule has 1 aromatic heterocycles. The van der Waals surface area contributed by atoms with Crippen LogP contribution in [0.4, 0.5) is 5.95 Å². The normalized spacial score (nSPS) is 11.5. The number of benzene rings is 2. The van der Waals surface area contributed by atoms with E-state index in [-0.39, 0.29) is 11.5 Å². The molecule has 0 unspecified atom stereocenters. The van der Waals surface area contributed by atoms with Crippen LogP contribution in [0.1, 0.15) is 11.3 Å². The second kappa shape index (κ2) is 7.36. The highest BCUT2D eigenvalue weighted by Gasteiger charge is 2.14. The summed E-state index contributed by atoms with van der Waals surface area (Å²) in [6.45, 7) is 0. The number of nitrogens with zero attached hydrogens (tertiary/aromatic N) is 2. The van der Waals surface area contributed by atoms with Crippen molar-refractivity contribution >= 4 is 15.8 Å². The van der Waals surface area contributed by atoms with E-state index < -0.39 is 9.84 Å². The lowest BCUT2D eigenvalue weighted by Crippen LogP contribution is -2.21. The summed E-state index contributed by atoms with van der Waals surface area (Å²) in [5, 5.41) is 0. The van der Waals surface area contributed by atoms with Crippen molar-refractivity contribution < 1.29 is 8.42 Å². The third kappa shape index (κ3) is 4.25. The summed E-state index contributed by atoms with van der Waals surface area (Å²) in [4.78, 5) is 16.4. The van der Waals surface area contributed by atoms with Crippen molar-refractivity contribution in [3.63, 3.8) is 0 Å². The van der Waals surface area contributed by atoms with E-state index in [9.17, 15) is 13.2 Å². The summed E-state index contributed by atoms with van der Waals surface area (Å²) in [6, 6.07) is 16.2. The molecule has 2 N–H and O–H groups in total. The zero-order chi connectivity index (χ0) is 19.6. The van der Waals surface area contributed by atoms with Gasteiger partial charge in [0, 0.05) is 24.9 Å². The van der Waals surface area contributed by atoms with Gasteiger partial charge in [0.1, 0.15) is 0 Å². The first-order valence-corrected chi connectivity index (χ1v) is 10.4. The molecule has 3 rings (SSSR count). The molecule has 0 spiro atoms. The quantitative estimate of drug-likeness (QED) is 0.729. The van der Waals surface area contributed by atoms with E-state index in [0.717, 1.165) is 11.1 Å². The SMILES string of the molecule is Cn1c(N)nc(CCc2cccc(-c3ccccc3S(C)(=O)=O)c2)cc1=O. The highest BCUT2D eigenvalue weighted by atomic mass is 32.2. The third-order valence-electron chi connectivity index (χ3n) is 4.42. The lowest BCUT2D eigenvalue weighted by atomic mass is 10.0. The van der Waals surface area contributed by atoms with Crippen LogP contribution in [-0.4, -0.2) is 24.2 Å². The van der Waals surface area contributed by atoms with Crippen LogP contribution in [0.25, 0.3) is 11.1 Å². The molecule has 0 aliphatic heterocycles. The summed E-state index contributed by atoms with van der Waals surface area (Å²) in [5.74, 6) is 0.188. The van der Waals surface area contributed by atoms with Crippen molar-refractivity contribution in [2.45, 2.75) is 17.7 Å². The topological polar surface area (TPSA) is 95.1 Å². The summed E-state index contributed by atoms with van der Waals surface area (Å²) >= 11 is 0. The average Bonchev–Trinajstić information content (AvgIpc) is 2.64. The van der Waals surface area contributed by atoms with Gasteiger partial charge in [-0.2, -0.15) is 0 Å². The van der Waals surface area contributed by atoms with E-state index in [4.69, 9.17) is 5.73 Å². The monoisotopic (exact) mass is 383 g/mol. The standard InChI is InChI=1S/C20H21N3O3S/c1-23-19(24)13-16(22-20(23)21)11-10-14-6-5-7-15(12-14)17-8-3-4-9-18(17)27(2,25)26/h3-9,12-13H,10-11H2,1-2H3,(H2,21,22). The van der Waals surface area contributed by atoms with Crippen LogP contribution in [0.3, 0.4) is 0 Å². The largest absolute Gasteiger partial charge is 0.369 e. The molecule has 0 atom stereocenters. The number of hydrogen-bond acceptors (Lipinski definition) is 5. The van der Waals surface area contributed by atoms with Crippen molar-refractivity contribution in [1.29, 1.82) is 0 Å². The van der Waals surface area contributed by atoms with Gasteiger partial charge in [0.25, 0.3) is 5.56 Å². The number of anilines is 1. The van der Waals surface area contributed by atoms with Crippen molar-refractivity contribution in [3.8, 4) is 11.1 Å². The lowest BCUT2D eigenvalue weighted by Gasteiger charge is -2.10. The van der Waals surface area contributed by atoms with Gasteiger partial charge in [0.05, 0.1) is 10.6 Å². The average molecular weight is 383 g/mol. The minimum absolute atomic E-state index is 0.187. The molecule has 1 heterocycles. The molecule has 0 aliphatic carbocycles. The van der Waals surface area contributed by atoms with Gasteiger partial charge in [-0.25, -0.2) is 13.4 Å². The van der Waals surface area contributed by atoms with Gasteiger partial charge in [-0.05, 0) is 30.0 Å². The van der Waals surface area contributed by atoms with Crippen LogP contribution in [0.5, 0.6) is 0 Å². The number of rotatable bonds is 5. The van der Waals surface area contributed by atoms with E-state index in [1.807, 2.05) is 30.3 Å². The van der Waals surface area contributed by atoms with Gasteiger partial charge in [-0.1, -0.05) is 42.5 Å². The summed E-state index contributed by atoms with van der Waals surface area (Å²) in [7, 11) is -1.74. The van der Waals surface area contributed by atoms with Crippen molar-refractivity contribution in [1.82, 2.24) is 9.55 Å². The molecule has 140 valence electrons. The molecule has 0 saturated heterocycles. The lowest BCUT2D eigenvalue weighted by molar-refractivity contribution is 0.602. The van der Waals surface area contributed by atoms with Gasteiger partial charge in [0.15, 0.2) is 9.84 Å². The van der Waals surface area contributed by atoms with Gasteiger partial charge >= 0.3 is 0 Å². The molecule has 0 fully saturated rings. The second-order valence-corrected chi connectivity index (χ2v) is 8.46. The van der Waals surface area contributed by atoms with Crippen LogP contribution in [-0.2, 0) is 29.7 Å². The fourth-order valence-corrected chi connectivity index (χ4v) is 3.84. The molecule has 0 bridgehead atoms. The molecule has 0 radical (unpaired) electrons. The smallest absolute Gasteiger partial charge is 0.254 e. The first-order valence-electron chi connectivity index (χ1n) is 8.46. The molecule has 0 saturated carbocycles. The maximum atomic E-state index is 12.1. The van der Waals surface area contributed by atoms with Gasteiger partial charge in [-0.15, -0.1) is 0 Å². The maximum Gasteiger partial charge on any atom is 0.254 e. The molecule has 2 aromatic carbocycles. The Labute approximate surface area is 158 Å². The fourth-order valence-electron chi connectivity index (χ4n) is 2.93. The van der Waals surface area contributed by atoms with Crippen LogP contribution >= 0.6 is 0 Å². The Morgan fingerprint density at radius 3 is 2.48 bits per heavy atom. The number of sulfone groups is 1. The van der Waals surface area contributed by atoms with Crippen LogP contribution in [0.15, 0.2) is 64.3 Å². The fraction of sp³-hybridized carbons (Fsp3) is 0.200. The summed E-state index contributed by atoms with van der Waals surface area (Å²) in [5.41, 5.74) is 8.73. The van der Waals surface area contributed by atoms with E-state index >= 15 is 0 Å². The summed E-state index contributed by atoms with van der Waals surface area (Å²) in [6.07, 6.45) is 2.44. The first kappa shape index (κ1) is 18.8. The van der Waals surface area contributed by atoms with E-state index in [0.29, 0.717) is 29.0 Å². The highest BCUT2D eigenvalue weighted by molar-refractivity contribution is 7.90. The molecule has 7 heteroatoms. The Bertz CT molecular complexity index is 1150. The van der Waals surface area contributed by atoms with Crippen LogP contribution in [0, 0.1) is 0 Å². The molecule has 27 heavy (non-hydrogen) atoms.